The van der Waals surface area contributed by atoms with Crippen molar-refractivity contribution in [1.29, 1.82) is 0 Å². The fourth-order valence-electron chi connectivity index (χ4n) is 2.95. The lowest BCUT2D eigenvalue weighted by atomic mass is 10.1. The SMILES string of the molecule is CCOc1cc(-c2nc3ccccc3c(=O)[nH]2)ccc1OCCn1ccnc1. The molecule has 0 atom stereocenters. The number of nitrogens with one attached hydrogen (secondary N) is 1. The number of para-hydroxylation sites is 1. The van der Waals surface area contributed by atoms with E-state index in [-0.39, 0.29) is 5.56 Å². The Kier molecular flexibility index (Phi) is 5.05. The molecule has 0 saturated carbocycles. The van der Waals surface area contributed by atoms with Gasteiger partial charge in [-0.15, -0.1) is 0 Å². The van der Waals surface area contributed by atoms with E-state index in [0.29, 0.717) is 48.0 Å². The Morgan fingerprint density at radius 2 is 2.00 bits per heavy atom. The Morgan fingerprint density at radius 1 is 1.11 bits per heavy atom. The lowest BCUT2D eigenvalue weighted by Gasteiger charge is -2.13. The topological polar surface area (TPSA) is 82.0 Å². The van der Waals surface area contributed by atoms with Crippen LogP contribution in [0.4, 0.5) is 0 Å². The van der Waals surface area contributed by atoms with Crippen molar-refractivity contribution in [2.24, 2.45) is 0 Å². The number of H-pyrrole nitrogens is 1. The van der Waals surface area contributed by atoms with Crippen LogP contribution in [0.5, 0.6) is 11.5 Å². The number of aromatic nitrogens is 4. The lowest BCUT2D eigenvalue weighted by Crippen LogP contribution is -2.10. The fourth-order valence-corrected chi connectivity index (χ4v) is 2.95. The number of imidazole rings is 1. The lowest BCUT2D eigenvalue weighted by molar-refractivity contribution is 0.266. The third-order valence-electron chi connectivity index (χ3n) is 4.30. The first-order valence-corrected chi connectivity index (χ1v) is 9.09. The van der Waals surface area contributed by atoms with Gasteiger partial charge < -0.3 is 19.0 Å². The van der Waals surface area contributed by atoms with Gasteiger partial charge in [-0.25, -0.2) is 9.97 Å². The van der Waals surface area contributed by atoms with Crippen molar-refractivity contribution in [2.75, 3.05) is 13.2 Å². The van der Waals surface area contributed by atoms with Crippen LogP contribution >= 0.6 is 0 Å². The van der Waals surface area contributed by atoms with E-state index in [1.165, 1.54) is 0 Å². The van der Waals surface area contributed by atoms with Crippen molar-refractivity contribution >= 4 is 10.9 Å². The zero-order valence-corrected chi connectivity index (χ0v) is 15.5. The molecule has 142 valence electrons. The molecule has 0 spiro atoms. The number of fused-ring (bicyclic) bond motifs is 1. The summed E-state index contributed by atoms with van der Waals surface area (Å²) in [6, 6.07) is 12.8. The molecule has 2 aromatic heterocycles. The molecular weight excluding hydrogens is 356 g/mol. The van der Waals surface area contributed by atoms with Crippen LogP contribution in [0.2, 0.25) is 0 Å². The van der Waals surface area contributed by atoms with Crippen molar-refractivity contribution in [3.63, 3.8) is 0 Å². The van der Waals surface area contributed by atoms with E-state index >= 15 is 0 Å². The molecule has 0 radical (unpaired) electrons. The fraction of sp³-hybridized carbons (Fsp3) is 0.190. The first kappa shape index (κ1) is 17.8. The normalized spacial score (nSPS) is 10.9. The predicted molar refractivity (Wildman–Crippen MR) is 107 cm³/mol. The quantitative estimate of drug-likeness (QED) is 0.535. The smallest absolute Gasteiger partial charge is 0.259 e. The molecule has 2 aromatic carbocycles. The molecule has 0 amide bonds. The van der Waals surface area contributed by atoms with Gasteiger partial charge in [-0.3, -0.25) is 4.79 Å². The van der Waals surface area contributed by atoms with Gasteiger partial charge in [0.25, 0.3) is 5.56 Å². The van der Waals surface area contributed by atoms with Crippen molar-refractivity contribution in [1.82, 2.24) is 19.5 Å². The largest absolute Gasteiger partial charge is 0.490 e. The van der Waals surface area contributed by atoms with Crippen molar-refractivity contribution in [3.8, 4) is 22.9 Å². The van der Waals surface area contributed by atoms with Crippen LogP contribution in [0.3, 0.4) is 0 Å². The molecule has 2 heterocycles. The second kappa shape index (κ2) is 7.96. The highest BCUT2D eigenvalue weighted by molar-refractivity contribution is 5.79. The predicted octanol–water partition coefficient (Wildman–Crippen LogP) is 3.26. The Hall–Kier alpha value is -3.61. The minimum atomic E-state index is -0.167. The monoisotopic (exact) mass is 376 g/mol. The summed E-state index contributed by atoms with van der Waals surface area (Å²) in [5.41, 5.74) is 1.24. The Bertz CT molecular complexity index is 1140. The summed E-state index contributed by atoms with van der Waals surface area (Å²) < 4.78 is 13.6. The third kappa shape index (κ3) is 3.73. The molecular formula is C21H20N4O3. The van der Waals surface area contributed by atoms with Crippen LogP contribution in [0.15, 0.2) is 66.0 Å². The highest BCUT2D eigenvalue weighted by atomic mass is 16.5. The first-order chi connectivity index (χ1) is 13.7. The zero-order valence-electron chi connectivity index (χ0n) is 15.5. The maximum Gasteiger partial charge on any atom is 0.259 e. The molecule has 0 saturated heterocycles. The zero-order chi connectivity index (χ0) is 19.3. The Morgan fingerprint density at radius 3 is 2.82 bits per heavy atom. The molecule has 0 fully saturated rings. The van der Waals surface area contributed by atoms with E-state index in [1.807, 2.05) is 54.1 Å². The van der Waals surface area contributed by atoms with Crippen LogP contribution in [0.1, 0.15) is 6.92 Å². The molecule has 0 bridgehead atoms. The average Bonchev–Trinajstić information content (AvgIpc) is 3.23. The van der Waals surface area contributed by atoms with Crippen molar-refractivity contribution < 1.29 is 9.47 Å². The minimum absolute atomic E-state index is 0.167. The van der Waals surface area contributed by atoms with Gasteiger partial charge in [0.05, 0.1) is 30.4 Å². The van der Waals surface area contributed by atoms with E-state index < -0.39 is 0 Å². The van der Waals surface area contributed by atoms with Crippen LogP contribution in [-0.2, 0) is 6.54 Å². The molecule has 0 aliphatic carbocycles. The van der Waals surface area contributed by atoms with Gasteiger partial charge in [0.2, 0.25) is 0 Å². The number of rotatable bonds is 7. The van der Waals surface area contributed by atoms with Crippen molar-refractivity contribution in [2.45, 2.75) is 13.5 Å². The molecule has 4 aromatic rings. The first-order valence-electron chi connectivity index (χ1n) is 9.09. The van der Waals surface area contributed by atoms with Gasteiger partial charge in [0.1, 0.15) is 12.4 Å². The van der Waals surface area contributed by atoms with Gasteiger partial charge in [-0.05, 0) is 37.3 Å². The Labute approximate surface area is 161 Å². The molecule has 28 heavy (non-hydrogen) atoms. The molecule has 7 heteroatoms. The summed E-state index contributed by atoms with van der Waals surface area (Å²) in [5, 5.41) is 0.565. The number of nitrogens with zero attached hydrogens (tertiary/aromatic N) is 3. The van der Waals surface area contributed by atoms with Gasteiger partial charge >= 0.3 is 0 Å². The summed E-state index contributed by atoms with van der Waals surface area (Å²) in [6.07, 6.45) is 5.37. The number of ether oxygens (including phenoxy) is 2. The van der Waals surface area contributed by atoms with E-state index in [1.54, 1.807) is 18.6 Å². The third-order valence-corrected chi connectivity index (χ3v) is 4.30. The maximum absolute atomic E-state index is 12.3. The number of benzene rings is 2. The highest BCUT2D eigenvalue weighted by Crippen LogP contribution is 2.32. The molecule has 4 rings (SSSR count). The summed E-state index contributed by atoms with van der Waals surface area (Å²) in [7, 11) is 0. The van der Waals surface area contributed by atoms with Crippen LogP contribution in [-0.4, -0.2) is 32.7 Å². The summed E-state index contributed by atoms with van der Waals surface area (Å²) >= 11 is 0. The maximum atomic E-state index is 12.3. The molecule has 0 unspecified atom stereocenters. The number of hydrogen-bond donors (Lipinski definition) is 1. The van der Waals surface area contributed by atoms with Gasteiger partial charge in [-0.2, -0.15) is 0 Å². The summed E-state index contributed by atoms with van der Waals surface area (Å²) in [4.78, 5) is 23.8. The molecule has 0 aliphatic rings. The van der Waals surface area contributed by atoms with Crippen LogP contribution in [0.25, 0.3) is 22.3 Å². The van der Waals surface area contributed by atoms with Gasteiger partial charge in [-0.1, -0.05) is 12.1 Å². The summed E-state index contributed by atoms with van der Waals surface area (Å²) in [5.74, 6) is 1.75. The van der Waals surface area contributed by atoms with E-state index in [4.69, 9.17) is 9.47 Å². The van der Waals surface area contributed by atoms with Gasteiger partial charge in [0.15, 0.2) is 11.5 Å². The average molecular weight is 376 g/mol. The minimum Gasteiger partial charge on any atom is -0.490 e. The van der Waals surface area contributed by atoms with E-state index in [0.717, 1.165) is 5.56 Å². The van der Waals surface area contributed by atoms with Crippen LogP contribution < -0.4 is 15.0 Å². The number of hydrogen-bond acceptors (Lipinski definition) is 5. The highest BCUT2D eigenvalue weighted by Gasteiger charge is 2.11. The second-order valence-electron chi connectivity index (χ2n) is 6.18. The molecule has 7 nitrogen and oxygen atoms in total. The number of aromatic amines is 1. The molecule has 1 N–H and O–H groups in total. The van der Waals surface area contributed by atoms with Gasteiger partial charge in [0, 0.05) is 18.0 Å². The molecule has 0 aliphatic heterocycles. The van der Waals surface area contributed by atoms with E-state index in [2.05, 4.69) is 15.0 Å². The summed E-state index contributed by atoms with van der Waals surface area (Å²) in [6.45, 7) is 3.59. The second-order valence-corrected chi connectivity index (χ2v) is 6.18. The van der Waals surface area contributed by atoms with Crippen molar-refractivity contribution in [3.05, 3.63) is 71.5 Å². The van der Waals surface area contributed by atoms with E-state index in [9.17, 15) is 4.79 Å². The standard InChI is InChI=1S/C21H20N4O3/c1-2-27-19-13-15(7-8-18(19)28-12-11-25-10-9-22-14-25)20-23-17-6-4-3-5-16(17)21(26)24-20/h3-10,13-14H,2,11-12H2,1H3,(H,23,24,26). The Balaban J connectivity index is 1.61. The van der Waals surface area contributed by atoms with Crippen LogP contribution in [0, 0.1) is 0 Å².